The second kappa shape index (κ2) is 6.19. The number of benzene rings is 2. The van der Waals surface area contributed by atoms with Crippen LogP contribution in [0.25, 0.3) is 5.69 Å². The van der Waals surface area contributed by atoms with Gasteiger partial charge in [0.15, 0.2) is 11.6 Å². The molecule has 0 saturated heterocycles. The zero-order valence-electron chi connectivity index (χ0n) is 11.4. The highest BCUT2D eigenvalue weighted by molar-refractivity contribution is 7.84. The van der Waals surface area contributed by atoms with E-state index < -0.39 is 22.4 Å². The van der Waals surface area contributed by atoms with Gasteiger partial charge < -0.3 is 0 Å². The molecule has 2 aromatic carbocycles. The van der Waals surface area contributed by atoms with Crippen LogP contribution < -0.4 is 0 Å². The Morgan fingerprint density at radius 1 is 1.05 bits per heavy atom. The molecule has 22 heavy (non-hydrogen) atoms. The Balaban J connectivity index is 1.75. The Kier molecular flexibility index (Phi) is 4.11. The molecule has 0 amide bonds. The molecule has 0 saturated carbocycles. The van der Waals surface area contributed by atoms with Gasteiger partial charge in [-0.2, -0.15) is 5.10 Å². The lowest BCUT2D eigenvalue weighted by Gasteiger charge is -2.05. The van der Waals surface area contributed by atoms with Crippen molar-refractivity contribution >= 4 is 10.8 Å². The molecule has 0 radical (unpaired) electrons. The van der Waals surface area contributed by atoms with Gasteiger partial charge in [0.05, 0.1) is 22.2 Å². The quantitative estimate of drug-likeness (QED) is 0.738. The topological polar surface area (TPSA) is 34.9 Å². The Hall–Kier alpha value is -2.34. The summed E-state index contributed by atoms with van der Waals surface area (Å²) in [7, 11) is -1.43. The van der Waals surface area contributed by atoms with Gasteiger partial charge in [-0.05, 0) is 42.0 Å². The molecule has 1 unspecified atom stereocenters. The fourth-order valence-corrected chi connectivity index (χ4v) is 3.14. The van der Waals surface area contributed by atoms with Crippen molar-refractivity contribution in [3.05, 3.63) is 78.1 Å². The summed E-state index contributed by atoms with van der Waals surface area (Å²) in [5.74, 6) is -1.69. The molecule has 0 aliphatic heterocycles. The van der Waals surface area contributed by atoms with Crippen molar-refractivity contribution in [3.8, 4) is 5.69 Å². The minimum absolute atomic E-state index is 0.241. The molecule has 0 fully saturated rings. The molecule has 0 spiro atoms. The van der Waals surface area contributed by atoms with Crippen molar-refractivity contribution in [3.63, 3.8) is 0 Å². The van der Waals surface area contributed by atoms with Crippen molar-refractivity contribution in [1.29, 1.82) is 0 Å². The molecular formula is C16H12F2N2OS. The van der Waals surface area contributed by atoms with E-state index in [1.807, 2.05) is 36.5 Å². The third-order valence-corrected chi connectivity index (χ3v) is 4.53. The standard InChI is InChI=1S/C16H12F2N2OS/c17-15-7-6-14(10-16(15)18)22(21)11-12-2-4-13(5-3-12)20-9-1-8-19-20/h1-10H,11H2. The SMILES string of the molecule is O=S(Cc1ccc(-n2cccn2)cc1)c1ccc(F)c(F)c1. The molecule has 1 heterocycles. The molecule has 3 aromatic rings. The van der Waals surface area contributed by atoms with Crippen LogP contribution >= 0.6 is 0 Å². The molecule has 1 aromatic heterocycles. The molecule has 0 aliphatic rings. The van der Waals surface area contributed by atoms with Gasteiger partial charge >= 0.3 is 0 Å². The van der Waals surface area contributed by atoms with Crippen LogP contribution in [0.1, 0.15) is 5.56 Å². The van der Waals surface area contributed by atoms with Crippen LogP contribution in [0.2, 0.25) is 0 Å². The summed E-state index contributed by atoms with van der Waals surface area (Å²) < 4.78 is 40.0. The number of hydrogen-bond acceptors (Lipinski definition) is 2. The Labute approximate surface area is 128 Å². The second-order valence-electron chi connectivity index (χ2n) is 4.68. The number of hydrogen-bond donors (Lipinski definition) is 0. The van der Waals surface area contributed by atoms with Gasteiger partial charge in [0.1, 0.15) is 0 Å². The molecule has 6 heteroatoms. The molecule has 0 aliphatic carbocycles. The zero-order valence-corrected chi connectivity index (χ0v) is 12.3. The number of nitrogens with zero attached hydrogens (tertiary/aromatic N) is 2. The average Bonchev–Trinajstić information content (AvgIpc) is 3.05. The Morgan fingerprint density at radius 2 is 1.82 bits per heavy atom. The van der Waals surface area contributed by atoms with Crippen LogP contribution in [0.5, 0.6) is 0 Å². The third kappa shape index (κ3) is 3.12. The fraction of sp³-hybridized carbons (Fsp3) is 0.0625. The summed E-state index contributed by atoms with van der Waals surface area (Å²) in [6.07, 6.45) is 3.51. The van der Waals surface area contributed by atoms with E-state index in [-0.39, 0.29) is 10.6 Å². The van der Waals surface area contributed by atoms with Gasteiger partial charge in [0.2, 0.25) is 0 Å². The maximum atomic E-state index is 13.2. The highest BCUT2D eigenvalue weighted by Crippen LogP contribution is 2.17. The first-order chi connectivity index (χ1) is 10.6. The first kappa shape index (κ1) is 14.6. The van der Waals surface area contributed by atoms with E-state index in [0.717, 1.165) is 23.4 Å². The highest BCUT2D eigenvalue weighted by Gasteiger charge is 2.09. The van der Waals surface area contributed by atoms with Gasteiger partial charge in [-0.15, -0.1) is 0 Å². The van der Waals surface area contributed by atoms with Gasteiger partial charge in [-0.1, -0.05) is 12.1 Å². The van der Waals surface area contributed by atoms with Crippen LogP contribution in [-0.2, 0) is 16.6 Å². The summed E-state index contributed by atoms with van der Waals surface area (Å²) in [6, 6.07) is 12.5. The van der Waals surface area contributed by atoms with E-state index in [4.69, 9.17) is 0 Å². The monoisotopic (exact) mass is 318 g/mol. The summed E-state index contributed by atoms with van der Waals surface area (Å²) >= 11 is 0. The van der Waals surface area contributed by atoms with E-state index in [0.29, 0.717) is 0 Å². The molecule has 3 rings (SSSR count). The zero-order chi connectivity index (χ0) is 15.5. The van der Waals surface area contributed by atoms with Crippen LogP contribution in [0.4, 0.5) is 8.78 Å². The second-order valence-corrected chi connectivity index (χ2v) is 6.13. The normalized spacial score (nSPS) is 12.3. The van der Waals surface area contributed by atoms with Gasteiger partial charge in [0.25, 0.3) is 0 Å². The highest BCUT2D eigenvalue weighted by atomic mass is 32.2. The van der Waals surface area contributed by atoms with Gasteiger partial charge in [0, 0.05) is 17.3 Å². The average molecular weight is 318 g/mol. The van der Waals surface area contributed by atoms with E-state index >= 15 is 0 Å². The van der Waals surface area contributed by atoms with Crippen LogP contribution in [0, 0.1) is 11.6 Å². The summed E-state index contributed by atoms with van der Waals surface area (Å²) in [5.41, 5.74) is 1.74. The van der Waals surface area contributed by atoms with Crippen LogP contribution in [-0.4, -0.2) is 14.0 Å². The van der Waals surface area contributed by atoms with Gasteiger partial charge in [-0.25, -0.2) is 13.5 Å². The molecule has 0 N–H and O–H groups in total. The molecule has 0 bridgehead atoms. The van der Waals surface area contributed by atoms with Crippen LogP contribution in [0.3, 0.4) is 0 Å². The molecule has 1 atom stereocenters. The van der Waals surface area contributed by atoms with Crippen molar-refractivity contribution in [2.45, 2.75) is 10.6 Å². The fourth-order valence-electron chi connectivity index (χ4n) is 2.02. The number of aromatic nitrogens is 2. The Bertz CT molecular complexity index is 802. The lowest BCUT2D eigenvalue weighted by atomic mass is 10.2. The van der Waals surface area contributed by atoms with E-state index in [1.54, 1.807) is 10.9 Å². The predicted octanol–water partition coefficient (Wildman–Crippen LogP) is 3.46. The van der Waals surface area contributed by atoms with Crippen molar-refractivity contribution in [1.82, 2.24) is 9.78 Å². The first-order valence-electron chi connectivity index (χ1n) is 6.56. The summed E-state index contributed by atoms with van der Waals surface area (Å²) in [4.78, 5) is 0.273. The minimum Gasteiger partial charge on any atom is -0.254 e. The smallest absolute Gasteiger partial charge is 0.160 e. The molecule has 3 nitrogen and oxygen atoms in total. The molecular weight excluding hydrogens is 306 g/mol. The lowest BCUT2D eigenvalue weighted by molar-refractivity contribution is 0.505. The maximum Gasteiger partial charge on any atom is 0.160 e. The summed E-state index contributed by atoms with van der Waals surface area (Å²) in [6.45, 7) is 0. The van der Waals surface area contributed by atoms with Crippen molar-refractivity contribution < 1.29 is 13.0 Å². The predicted molar refractivity (Wildman–Crippen MR) is 80.0 cm³/mol. The lowest BCUT2D eigenvalue weighted by Crippen LogP contribution is -1.99. The van der Waals surface area contributed by atoms with Gasteiger partial charge in [-0.3, -0.25) is 4.21 Å². The Morgan fingerprint density at radius 3 is 2.45 bits per heavy atom. The summed E-state index contributed by atoms with van der Waals surface area (Å²) in [5, 5.41) is 4.12. The van der Waals surface area contributed by atoms with Crippen molar-refractivity contribution in [2.24, 2.45) is 0 Å². The maximum absolute atomic E-state index is 13.2. The number of rotatable bonds is 4. The largest absolute Gasteiger partial charge is 0.254 e. The van der Waals surface area contributed by atoms with Crippen molar-refractivity contribution in [2.75, 3.05) is 0 Å². The van der Waals surface area contributed by atoms with Crippen LogP contribution in [0.15, 0.2) is 65.8 Å². The minimum atomic E-state index is -1.43. The first-order valence-corrected chi connectivity index (χ1v) is 7.88. The molecule has 112 valence electrons. The van der Waals surface area contributed by atoms with E-state index in [1.165, 1.54) is 6.07 Å². The van der Waals surface area contributed by atoms with E-state index in [2.05, 4.69) is 5.10 Å². The third-order valence-electron chi connectivity index (χ3n) is 3.16. The number of halogens is 2. The van der Waals surface area contributed by atoms with E-state index in [9.17, 15) is 13.0 Å².